The molecule has 1 heterocycles. The predicted molar refractivity (Wildman–Crippen MR) is 74.0 cm³/mol. The molecule has 0 aromatic heterocycles. The van der Waals surface area contributed by atoms with Crippen LogP contribution in [0.25, 0.3) is 0 Å². The molecule has 1 amide bonds. The third-order valence-electron chi connectivity index (χ3n) is 3.03. The summed E-state index contributed by atoms with van der Waals surface area (Å²) in [5.74, 6) is 0.595. The van der Waals surface area contributed by atoms with Crippen molar-refractivity contribution in [3.05, 3.63) is 24.3 Å². The number of carbonyl (C=O) groups excluding carboxylic acids is 1. The first-order valence-electron chi connectivity index (χ1n) is 6.53. The van der Waals surface area contributed by atoms with Gasteiger partial charge in [-0.15, -0.1) is 0 Å². The van der Waals surface area contributed by atoms with E-state index in [-0.39, 0.29) is 16.8 Å². The first-order chi connectivity index (χ1) is 9.51. The van der Waals surface area contributed by atoms with Crippen molar-refractivity contribution in [3.63, 3.8) is 0 Å². The number of ether oxygens (including phenoxy) is 1. The maximum atomic E-state index is 12.2. The van der Waals surface area contributed by atoms with Crippen molar-refractivity contribution < 1.29 is 17.9 Å². The Balaban J connectivity index is 2.04. The highest BCUT2D eigenvalue weighted by molar-refractivity contribution is 7.89. The van der Waals surface area contributed by atoms with E-state index in [1.54, 1.807) is 12.1 Å². The maximum absolute atomic E-state index is 12.2. The fourth-order valence-corrected chi connectivity index (χ4v) is 3.27. The minimum Gasteiger partial charge on any atom is -0.494 e. The lowest BCUT2D eigenvalue weighted by atomic mass is 10.1. The zero-order valence-corrected chi connectivity index (χ0v) is 12.1. The molecular weight excluding hydrogens is 280 g/mol. The number of rotatable bonds is 5. The summed E-state index contributed by atoms with van der Waals surface area (Å²) in [5.41, 5.74) is 0. The molecule has 20 heavy (non-hydrogen) atoms. The van der Waals surface area contributed by atoms with Crippen molar-refractivity contribution in [2.45, 2.75) is 30.7 Å². The smallest absolute Gasteiger partial charge is 0.240 e. The van der Waals surface area contributed by atoms with Crippen LogP contribution in [0.5, 0.6) is 5.75 Å². The summed E-state index contributed by atoms with van der Waals surface area (Å²) in [5, 5.41) is 2.65. The number of sulfonamides is 1. The molecule has 2 rings (SSSR count). The summed E-state index contributed by atoms with van der Waals surface area (Å²) < 4.78 is 32.2. The molecule has 110 valence electrons. The molecule has 0 bridgehead atoms. The van der Waals surface area contributed by atoms with E-state index in [4.69, 9.17) is 4.74 Å². The zero-order valence-electron chi connectivity index (χ0n) is 11.3. The fourth-order valence-electron chi connectivity index (χ4n) is 2.00. The summed E-state index contributed by atoms with van der Waals surface area (Å²) in [6.45, 7) is 2.73. The Morgan fingerprint density at radius 1 is 1.35 bits per heavy atom. The lowest BCUT2D eigenvalue weighted by molar-refractivity contribution is -0.122. The molecule has 1 aromatic carbocycles. The standard InChI is InChI=1S/C13H18N2O4S/c1-2-19-11-4-6-12(7-5-11)20(17,18)15-10-3-8-13(16)14-9-10/h4-7,10,15H,2-3,8-9H2,1H3,(H,14,16). The maximum Gasteiger partial charge on any atom is 0.240 e. The second-order valence-corrected chi connectivity index (χ2v) is 6.28. The Bertz CT molecular complexity index is 559. The minimum absolute atomic E-state index is 0.0403. The Morgan fingerprint density at radius 2 is 2.05 bits per heavy atom. The lowest BCUT2D eigenvalue weighted by Crippen LogP contribution is -2.47. The van der Waals surface area contributed by atoms with Gasteiger partial charge in [0.25, 0.3) is 0 Å². The van der Waals surface area contributed by atoms with E-state index >= 15 is 0 Å². The Morgan fingerprint density at radius 3 is 2.60 bits per heavy atom. The topological polar surface area (TPSA) is 84.5 Å². The summed E-state index contributed by atoms with van der Waals surface area (Å²) in [6.07, 6.45) is 0.860. The number of nitrogens with one attached hydrogen (secondary N) is 2. The molecular formula is C13H18N2O4S. The molecule has 2 N–H and O–H groups in total. The molecule has 0 saturated carbocycles. The molecule has 1 aliphatic rings. The molecule has 1 atom stereocenters. The van der Waals surface area contributed by atoms with E-state index in [0.717, 1.165) is 0 Å². The highest BCUT2D eigenvalue weighted by Crippen LogP contribution is 2.17. The second kappa shape index (κ2) is 6.23. The van der Waals surface area contributed by atoms with Crippen LogP contribution >= 0.6 is 0 Å². The molecule has 0 aliphatic carbocycles. The number of carbonyl (C=O) groups is 1. The van der Waals surface area contributed by atoms with Crippen LogP contribution in [0.3, 0.4) is 0 Å². The number of piperidine rings is 1. The van der Waals surface area contributed by atoms with Crippen LogP contribution in [-0.2, 0) is 14.8 Å². The van der Waals surface area contributed by atoms with Crippen molar-refractivity contribution in [1.29, 1.82) is 0 Å². The summed E-state index contributed by atoms with van der Waals surface area (Å²) in [4.78, 5) is 11.2. The van der Waals surface area contributed by atoms with Crippen molar-refractivity contribution in [2.24, 2.45) is 0 Å². The Kier molecular flexibility index (Phi) is 4.61. The molecule has 1 fully saturated rings. The average molecular weight is 298 g/mol. The van der Waals surface area contributed by atoms with Gasteiger partial charge >= 0.3 is 0 Å². The van der Waals surface area contributed by atoms with Gasteiger partial charge in [0, 0.05) is 19.0 Å². The zero-order chi connectivity index (χ0) is 14.6. The summed E-state index contributed by atoms with van der Waals surface area (Å²) in [6, 6.07) is 6.01. The van der Waals surface area contributed by atoms with Crippen LogP contribution in [0, 0.1) is 0 Å². The van der Waals surface area contributed by atoms with Crippen LogP contribution in [0.1, 0.15) is 19.8 Å². The highest BCUT2D eigenvalue weighted by Gasteiger charge is 2.24. The van der Waals surface area contributed by atoms with Crippen LogP contribution < -0.4 is 14.8 Å². The van der Waals surface area contributed by atoms with Gasteiger partial charge in [-0.05, 0) is 37.6 Å². The third-order valence-corrected chi connectivity index (χ3v) is 4.57. The number of benzene rings is 1. The Hall–Kier alpha value is -1.60. The third kappa shape index (κ3) is 3.71. The highest BCUT2D eigenvalue weighted by atomic mass is 32.2. The van der Waals surface area contributed by atoms with E-state index in [2.05, 4.69) is 10.0 Å². The first kappa shape index (κ1) is 14.8. The van der Waals surface area contributed by atoms with Gasteiger partial charge in [0.1, 0.15) is 5.75 Å². The number of hydrogen-bond acceptors (Lipinski definition) is 4. The van der Waals surface area contributed by atoms with Gasteiger partial charge in [-0.25, -0.2) is 13.1 Å². The minimum atomic E-state index is -3.57. The van der Waals surface area contributed by atoms with Gasteiger partial charge in [0.2, 0.25) is 15.9 Å². The SMILES string of the molecule is CCOc1ccc(S(=O)(=O)NC2CCC(=O)NC2)cc1. The van der Waals surface area contributed by atoms with Crippen LogP contribution in [0.4, 0.5) is 0 Å². The largest absolute Gasteiger partial charge is 0.494 e. The number of hydrogen-bond donors (Lipinski definition) is 2. The second-order valence-electron chi connectivity index (χ2n) is 4.57. The Labute approximate surface area is 118 Å². The van der Waals surface area contributed by atoms with E-state index in [1.165, 1.54) is 12.1 Å². The van der Waals surface area contributed by atoms with Gasteiger partial charge in [0.15, 0.2) is 0 Å². The quantitative estimate of drug-likeness (QED) is 0.835. The van der Waals surface area contributed by atoms with Gasteiger partial charge < -0.3 is 10.1 Å². The van der Waals surface area contributed by atoms with Crippen molar-refractivity contribution in [3.8, 4) is 5.75 Å². The van der Waals surface area contributed by atoms with E-state index in [0.29, 0.717) is 31.7 Å². The first-order valence-corrected chi connectivity index (χ1v) is 8.01. The van der Waals surface area contributed by atoms with E-state index in [1.807, 2.05) is 6.92 Å². The average Bonchev–Trinajstić information content (AvgIpc) is 2.42. The van der Waals surface area contributed by atoms with Crippen molar-refractivity contribution >= 4 is 15.9 Å². The monoisotopic (exact) mass is 298 g/mol. The van der Waals surface area contributed by atoms with Crippen molar-refractivity contribution in [1.82, 2.24) is 10.0 Å². The molecule has 0 radical (unpaired) electrons. The number of amides is 1. The molecule has 7 heteroatoms. The molecule has 1 aliphatic heterocycles. The summed E-state index contributed by atoms with van der Waals surface area (Å²) >= 11 is 0. The molecule has 1 aromatic rings. The van der Waals surface area contributed by atoms with E-state index in [9.17, 15) is 13.2 Å². The van der Waals surface area contributed by atoms with Crippen molar-refractivity contribution in [2.75, 3.05) is 13.2 Å². The van der Waals surface area contributed by atoms with Gasteiger partial charge in [-0.1, -0.05) is 0 Å². The predicted octanol–water partition coefficient (Wildman–Crippen LogP) is 0.642. The molecule has 6 nitrogen and oxygen atoms in total. The normalized spacial score (nSPS) is 19.4. The van der Waals surface area contributed by atoms with Gasteiger partial charge in [-0.2, -0.15) is 0 Å². The summed E-state index contributed by atoms with van der Waals surface area (Å²) in [7, 11) is -3.57. The lowest BCUT2D eigenvalue weighted by Gasteiger charge is -2.23. The van der Waals surface area contributed by atoms with Crippen LogP contribution in [0.15, 0.2) is 29.2 Å². The van der Waals surface area contributed by atoms with Crippen LogP contribution in [0.2, 0.25) is 0 Å². The molecule has 0 spiro atoms. The molecule has 1 unspecified atom stereocenters. The van der Waals surface area contributed by atoms with Gasteiger partial charge in [-0.3, -0.25) is 4.79 Å². The molecule has 1 saturated heterocycles. The van der Waals surface area contributed by atoms with Crippen LogP contribution in [-0.4, -0.2) is 33.5 Å². The fraction of sp³-hybridized carbons (Fsp3) is 0.462. The van der Waals surface area contributed by atoms with Gasteiger partial charge in [0.05, 0.1) is 11.5 Å². The van der Waals surface area contributed by atoms with E-state index < -0.39 is 10.0 Å².